The van der Waals surface area contributed by atoms with E-state index in [1.54, 1.807) is 42.4 Å². The number of aromatic nitrogens is 1. The van der Waals surface area contributed by atoms with E-state index in [1.807, 2.05) is 6.07 Å². The molecule has 3 rings (SSSR count). The Morgan fingerprint density at radius 3 is 2.82 bits per heavy atom. The SMILES string of the molecule is CN(Cc1ccc(Cl)nc1)C(=O)C1CC1c1ccccc1F. The Labute approximate surface area is 133 Å². The zero-order valence-corrected chi connectivity index (χ0v) is 12.9. The summed E-state index contributed by atoms with van der Waals surface area (Å²) in [5.41, 5.74) is 1.56. The van der Waals surface area contributed by atoms with E-state index in [-0.39, 0.29) is 23.6 Å². The molecule has 5 heteroatoms. The van der Waals surface area contributed by atoms with Crippen molar-refractivity contribution < 1.29 is 9.18 Å². The first-order valence-electron chi connectivity index (χ1n) is 7.16. The number of pyridine rings is 1. The van der Waals surface area contributed by atoms with Crippen molar-refractivity contribution >= 4 is 17.5 Å². The Kier molecular flexibility index (Phi) is 4.12. The molecule has 1 heterocycles. The van der Waals surface area contributed by atoms with Crippen molar-refractivity contribution in [3.05, 3.63) is 64.7 Å². The molecular formula is C17H16ClFN2O. The highest BCUT2D eigenvalue weighted by Gasteiger charge is 2.46. The Balaban J connectivity index is 1.63. The minimum absolute atomic E-state index is 0.000470. The summed E-state index contributed by atoms with van der Waals surface area (Å²) >= 11 is 5.75. The first-order chi connectivity index (χ1) is 10.6. The van der Waals surface area contributed by atoms with Crippen LogP contribution in [0.25, 0.3) is 0 Å². The molecule has 1 aromatic heterocycles. The van der Waals surface area contributed by atoms with E-state index in [1.165, 1.54) is 6.07 Å². The predicted octanol–water partition coefficient (Wildman–Crippen LogP) is 3.64. The van der Waals surface area contributed by atoms with E-state index in [2.05, 4.69) is 4.98 Å². The number of benzene rings is 1. The predicted molar refractivity (Wildman–Crippen MR) is 83.0 cm³/mol. The minimum atomic E-state index is -0.229. The maximum absolute atomic E-state index is 13.8. The molecule has 1 aromatic carbocycles. The number of carbonyl (C=O) groups excluding carboxylic acids is 1. The molecule has 0 aliphatic heterocycles. The number of hydrogen-bond donors (Lipinski definition) is 0. The van der Waals surface area contributed by atoms with Crippen LogP contribution in [0.1, 0.15) is 23.5 Å². The summed E-state index contributed by atoms with van der Waals surface area (Å²) in [5, 5.41) is 0.430. The maximum Gasteiger partial charge on any atom is 0.226 e. The molecule has 0 saturated heterocycles. The zero-order valence-electron chi connectivity index (χ0n) is 12.2. The molecule has 3 nitrogen and oxygen atoms in total. The molecule has 1 saturated carbocycles. The lowest BCUT2D eigenvalue weighted by Crippen LogP contribution is -2.28. The number of rotatable bonds is 4. The van der Waals surface area contributed by atoms with E-state index in [4.69, 9.17) is 11.6 Å². The summed E-state index contributed by atoms with van der Waals surface area (Å²) in [4.78, 5) is 18.1. The van der Waals surface area contributed by atoms with Crippen LogP contribution in [0.2, 0.25) is 5.15 Å². The minimum Gasteiger partial charge on any atom is -0.341 e. The van der Waals surface area contributed by atoms with Gasteiger partial charge in [-0.25, -0.2) is 9.37 Å². The molecular weight excluding hydrogens is 303 g/mol. The Morgan fingerprint density at radius 2 is 2.14 bits per heavy atom. The Hall–Kier alpha value is -1.94. The van der Waals surface area contributed by atoms with Crippen LogP contribution >= 0.6 is 11.6 Å². The van der Waals surface area contributed by atoms with Gasteiger partial charge in [0.05, 0.1) is 0 Å². The van der Waals surface area contributed by atoms with Gasteiger partial charge in [0.25, 0.3) is 0 Å². The van der Waals surface area contributed by atoms with Crippen LogP contribution in [-0.4, -0.2) is 22.8 Å². The largest absolute Gasteiger partial charge is 0.341 e. The average Bonchev–Trinajstić information content (AvgIpc) is 3.29. The van der Waals surface area contributed by atoms with Crippen LogP contribution in [-0.2, 0) is 11.3 Å². The summed E-state index contributed by atoms with van der Waals surface area (Å²) in [7, 11) is 1.76. The van der Waals surface area contributed by atoms with E-state index < -0.39 is 0 Å². The van der Waals surface area contributed by atoms with Crippen molar-refractivity contribution in [3.8, 4) is 0 Å². The van der Waals surface area contributed by atoms with Crippen molar-refractivity contribution in [2.75, 3.05) is 7.05 Å². The monoisotopic (exact) mass is 318 g/mol. The van der Waals surface area contributed by atoms with Crippen molar-refractivity contribution in [1.29, 1.82) is 0 Å². The molecule has 1 aliphatic carbocycles. The second kappa shape index (κ2) is 6.05. The molecule has 114 valence electrons. The highest BCUT2D eigenvalue weighted by molar-refractivity contribution is 6.29. The first kappa shape index (κ1) is 15.0. The fraction of sp³-hybridized carbons (Fsp3) is 0.294. The molecule has 1 fully saturated rings. The van der Waals surface area contributed by atoms with Crippen molar-refractivity contribution in [1.82, 2.24) is 9.88 Å². The van der Waals surface area contributed by atoms with Crippen LogP contribution < -0.4 is 0 Å². The molecule has 2 atom stereocenters. The molecule has 0 radical (unpaired) electrons. The maximum atomic E-state index is 13.8. The van der Waals surface area contributed by atoms with Crippen LogP contribution in [0.5, 0.6) is 0 Å². The summed E-state index contributed by atoms with van der Waals surface area (Å²) in [6.45, 7) is 0.476. The third kappa shape index (κ3) is 3.12. The van der Waals surface area contributed by atoms with Gasteiger partial charge in [0, 0.05) is 25.7 Å². The highest BCUT2D eigenvalue weighted by atomic mass is 35.5. The van der Waals surface area contributed by atoms with Crippen molar-refractivity contribution in [2.45, 2.75) is 18.9 Å². The molecule has 1 amide bonds. The Bertz CT molecular complexity index is 689. The molecule has 0 bridgehead atoms. The van der Waals surface area contributed by atoms with Gasteiger partial charge in [-0.05, 0) is 35.6 Å². The van der Waals surface area contributed by atoms with E-state index in [9.17, 15) is 9.18 Å². The molecule has 0 N–H and O–H groups in total. The van der Waals surface area contributed by atoms with Crippen LogP contribution in [0.3, 0.4) is 0 Å². The van der Waals surface area contributed by atoms with Crippen LogP contribution in [0, 0.1) is 11.7 Å². The number of hydrogen-bond acceptors (Lipinski definition) is 2. The van der Waals surface area contributed by atoms with Crippen molar-refractivity contribution in [2.24, 2.45) is 5.92 Å². The van der Waals surface area contributed by atoms with Gasteiger partial charge in [-0.15, -0.1) is 0 Å². The molecule has 22 heavy (non-hydrogen) atoms. The van der Waals surface area contributed by atoms with Crippen LogP contribution in [0.15, 0.2) is 42.6 Å². The zero-order chi connectivity index (χ0) is 15.7. The number of carbonyl (C=O) groups is 1. The molecule has 2 unspecified atom stereocenters. The summed E-state index contributed by atoms with van der Waals surface area (Å²) in [5.74, 6) is -0.308. The van der Waals surface area contributed by atoms with Crippen molar-refractivity contribution in [3.63, 3.8) is 0 Å². The van der Waals surface area contributed by atoms with Gasteiger partial charge in [-0.3, -0.25) is 4.79 Å². The standard InChI is InChI=1S/C17H16ClFN2O/c1-21(10-11-6-7-16(18)20-9-11)17(22)14-8-13(14)12-4-2-3-5-15(12)19/h2-7,9,13-14H,8,10H2,1H3. The van der Waals surface area contributed by atoms with Gasteiger partial charge in [-0.1, -0.05) is 35.9 Å². The number of amides is 1. The number of halogens is 2. The summed E-state index contributed by atoms with van der Waals surface area (Å²) < 4.78 is 13.8. The van der Waals surface area contributed by atoms with E-state index in [0.717, 1.165) is 5.56 Å². The van der Waals surface area contributed by atoms with E-state index >= 15 is 0 Å². The van der Waals surface area contributed by atoms with Gasteiger partial charge in [0.15, 0.2) is 0 Å². The second-order valence-corrected chi connectivity index (χ2v) is 6.04. The smallest absolute Gasteiger partial charge is 0.226 e. The Morgan fingerprint density at radius 1 is 1.36 bits per heavy atom. The van der Waals surface area contributed by atoms with E-state index in [0.29, 0.717) is 23.7 Å². The lowest BCUT2D eigenvalue weighted by atomic mass is 10.1. The van der Waals surface area contributed by atoms with Gasteiger partial charge in [-0.2, -0.15) is 0 Å². The molecule has 2 aromatic rings. The molecule has 0 spiro atoms. The lowest BCUT2D eigenvalue weighted by Gasteiger charge is -2.17. The fourth-order valence-electron chi connectivity index (χ4n) is 2.72. The summed E-state index contributed by atoms with van der Waals surface area (Å²) in [6, 6.07) is 10.2. The fourth-order valence-corrected chi connectivity index (χ4v) is 2.83. The third-order valence-electron chi connectivity index (χ3n) is 4.00. The van der Waals surface area contributed by atoms with Gasteiger partial charge >= 0.3 is 0 Å². The first-order valence-corrected chi connectivity index (χ1v) is 7.54. The van der Waals surface area contributed by atoms with Crippen LogP contribution in [0.4, 0.5) is 4.39 Å². The van der Waals surface area contributed by atoms with Gasteiger partial charge < -0.3 is 4.90 Å². The van der Waals surface area contributed by atoms with Gasteiger partial charge in [0.2, 0.25) is 5.91 Å². The highest BCUT2D eigenvalue weighted by Crippen LogP contribution is 2.49. The lowest BCUT2D eigenvalue weighted by molar-refractivity contribution is -0.131. The van der Waals surface area contributed by atoms with Gasteiger partial charge in [0.1, 0.15) is 11.0 Å². The normalized spacial score (nSPS) is 19.8. The molecule has 1 aliphatic rings. The quantitative estimate of drug-likeness (QED) is 0.806. The number of nitrogens with zero attached hydrogens (tertiary/aromatic N) is 2. The average molecular weight is 319 g/mol. The second-order valence-electron chi connectivity index (χ2n) is 5.65. The third-order valence-corrected chi connectivity index (χ3v) is 4.22. The topological polar surface area (TPSA) is 33.2 Å². The summed E-state index contributed by atoms with van der Waals surface area (Å²) in [6.07, 6.45) is 2.37.